The lowest BCUT2D eigenvalue weighted by atomic mass is 9.89. The van der Waals surface area contributed by atoms with Gasteiger partial charge in [0.2, 0.25) is 0 Å². The van der Waals surface area contributed by atoms with Crippen molar-refractivity contribution >= 4 is 12.3 Å². The van der Waals surface area contributed by atoms with Gasteiger partial charge in [0.15, 0.2) is 0 Å². The summed E-state index contributed by atoms with van der Waals surface area (Å²) in [6.45, 7) is 1.99. The van der Waals surface area contributed by atoms with Crippen LogP contribution >= 0.6 is 0 Å². The average molecular weight is 359 g/mol. The van der Waals surface area contributed by atoms with E-state index in [9.17, 15) is 9.59 Å². The zero-order chi connectivity index (χ0) is 19.0. The number of carboxylic acids is 1. The molecule has 0 saturated carbocycles. The summed E-state index contributed by atoms with van der Waals surface area (Å²) in [6, 6.07) is 10.6. The molecule has 0 aromatic heterocycles. The Bertz CT molecular complexity index is 522. The summed E-state index contributed by atoms with van der Waals surface area (Å²) >= 11 is 0. The number of hydrogen-bond acceptors (Lipinski definition) is 2. The van der Waals surface area contributed by atoms with Crippen molar-refractivity contribution in [1.82, 2.24) is 0 Å². The summed E-state index contributed by atoms with van der Waals surface area (Å²) in [4.78, 5) is 21.2. The number of carbonyl (C=O) groups is 2. The van der Waals surface area contributed by atoms with E-state index in [0.717, 1.165) is 44.8 Å². The van der Waals surface area contributed by atoms with Gasteiger partial charge in [-0.15, -0.1) is 0 Å². The molecule has 0 fully saturated rings. The normalized spacial score (nSPS) is 13.6. The van der Waals surface area contributed by atoms with Crippen LogP contribution in [0.15, 0.2) is 42.5 Å². The van der Waals surface area contributed by atoms with Crippen LogP contribution in [0.5, 0.6) is 0 Å². The minimum absolute atomic E-state index is 0.194. The molecular formula is C23H34O3. The van der Waals surface area contributed by atoms with Gasteiger partial charge in [0.1, 0.15) is 6.29 Å². The Morgan fingerprint density at radius 3 is 2.31 bits per heavy atom. The lowest BCUT2D eigenvalue weighted by molar-refractivity contribution is -0.131. The van der Waals surface area contributed by atoms with Crippen LogP contribution in [0.2, 0.25) is 0 Å². The zero-order valence-electron chi connectivity index (χ0n) is 16.1. The highest BCUT2D eigenvalue weighted by atomic mass is 16.4. The number of unbranched alkanes of at least 4 members (excludes halogenated alkanes) is 4. The smallest absolute Gasteiger partial charge is 0.327 e. The Balaban J connectivity index is 2.32. The molecule has 0 aliphatic heterocycles. The molecule has 0 aliphatic rings. The molecule has 1 N–H and O–H groups in total. The van der Waals surface area contributed by atoms with E-state index >= 15 is 0 Å². The molecule has 3 heteroatoms. The first kappa shape index (κ1) is 22.1. The monoisotopic (exact) mass is 358 g/mol. The molecule has 0 unspecified atom stereocenters. The number of carboxylic acid groups (broad SMARTS) is 1. The second kappa shape index (κ2) is 14.3. The van der Waals surface area contributed by atoms with Gasteiger partial charge in [-0.3, -0.25) is 0 Å². The van der Waals surface area contributed by atoms with Crippen LogP contribution in [0.4, 0.5) is 0 Å². The van der Waals surface area contributed by atoms with Crippen molar-refractivity contribution in [3.8, 4) is 0 Å². The third-order valence-corrected chi connectivity index (χ3v) is 4.86. The molecule has 3 nitrogen and oxygen atoms in total. The first-order chi connectivity index (χ1) is 12.6. The van der Waals surface area contributed by atoms with E-state index in [2.05, 4.69) is 30.3 Å². The maximum Gasteiger partial charge on any atom is 0.327 e. The summed E-state index contributed by atoms with van der Waals surface area (Å²) < 4.78 is 0. The first-order valence-electron chi connectivity index (χ1n) is 10.0. The van der Waals surface area contributed by atoms with E-state index in [0.29, 0.717) is 5.92 Å². The van der Waals surface area contributed by atoms with Crippen LogP contribution in [0.3, 0.4) is 0 Å². The fourth-order valence-corrected chi connectivity index (χ4v) is 3.33. The van der Waals surface area contributed by atoms with Gasteiger partial charge in [0, 0.05) is 12.0 Å². The second-order valence-electron chi connectivity index (χ2n) is 7.33. The molecule has 0 spiro atoms. The fraction of sp³-hybridized carbons (Fsp3) is 0.565. The molecule has 2 atom stereocenters. The Morgan fingerprint density at radius 2 is 1.65 bits per heavy atom. The summed E-state index contributed by atoms with van der Waals surface area (Å²) in [5.41, 5.74) is 1.39. The van der Waals surface area contributed by atoms with Crippen molar-refractivity contribution < 1.29 is 14.7 Å². The van der Waals surface area contributed by atoms with Gasteiger partial charge in [0.25, 0.3) is 0 Å². The minimum Gasteiger partial charge on any atom is -0.478 e. The minimum atomic E-state index is -0.866. The molecule has 0 aliphatic carbocycles. The van der Waals surface area contributed by atoms with E-state index in [1.165, 1.54) is 37.3 Å². The first-order valence-corrected chi connectivity index (χ1v) is 10.0. The number of hydrogen-bond donors (Lipinski definition) is 1. The molecule has 144 valence electrons. The van der Waals surface area contributed by atoms with Crippen molar-refractivity contribution in [1.29, 1.82) is 0 Å². The largest absolute Gasteiger partial charge is 0.478 e. The van der Waals surface area contributed by atoms with Crippen LogP contribution < -0.4 is 0 Å². The fourth-order valence-electron chi connectivity index (χ4n) is 3.33. The Labute approximate surface area is 158 Å². The summed E-state index contributed by atoms with van der Waals surface area (Å²) in [7, 11) is 0. The van der Waals surface area contributed by atoms with Crippen molar-refractivity contribution in [2.75, 3.05) is 0 Å². The van der Waals surface area contributed by atoms with Gasteiger partial charge >= 0.3 is 5.97 Å². The predicted octanol–water partition coefficient (Wildman–Crippen LogP) is 5.83. The Hall–Kier alpha value is -1.90. The molecule has 0 heterocycles. The van der Waals surface area contributed by atoms with Gasteiger partial charge in [0.05, 0.1) is 0 Å². The number of aldehydes is 1. The molecule has 26 heavy (non-hydrogen) atoms. The van der Waals surface area contributed by atoms with Gasteiger partial charge < -0.3 is 9.90 Å². The molecule has 1 aromatic rings. The van der Waals surface area contributed by atoms with Crippen LogP contribution in [-0.2, 0) is 16.0 Å². The third-order valence-electron chi connectivity index (χ3n) is 4.86. The van der Waals surface area contributed by atoms with Crippen molar-refractivity contribution in [2.45, 2.75) is 71.1 Å². The van der Waals surface area contributed by atoms with Gasteiger partial charge in [-0.2, -0.15) is 0 Å². The highest BCUT2D eigenvalue weighted by Crippen LogP contribution is 2.22. The number of benzene rings is 1. The maximum absolute atomic E-state index is 10.6. The SMILES string of the molecule is C[C@H](C=O)CCCCCC[C@H](CCC/C=C/C(=O)O)Cc1ccccc1. The van der Waals surface area contributed by atoms with Crippen LogP contribution in [0.25, 0.3) is 0 Å². The van der Waals surface area contributed by atoms with Crippen molar-refractivity contribution in [2.24, 2.45) is 11.8 Å². The lowest BCUT2D eigenvalue weighted by Crippen LogP contribution is -2.05. The molecule has 1 aromatic carbocycles. The number of allylic oxidation sites excluding steroid dienone is 1. The van der Waals surface area contributed by atoms with Crippen molar-refractivity contribution in [3.05, 3.63) is 48.0 Å². The number of carbonyl (C=O) groups excluding carboxylic acids is 1. The van der Waals surface area contributed by atoms with Gasteiger partial charge in [-0.1, -0.05) is 75.4 Å². The molecule has 1 rings (SSSR count). The molecular weight excluding hydrogens is 324 g/mol. The number of rotatable bonds is 15. The highest BCUT2D eigenvalue weighted by molar-refractivity contribution is 5.79. The highest BCUT2D eigenvalue weighted by Gasteiger charge is 2.09. The van der Waals surface area contributed by atoms with Gasteiger partial charge in [-0.25, -0.2) is 4.79 Å². The molecule has 0 saturated heterocycles. The predicted molar refractivity (Wildman–Crippen MR) is 107 cm³/mol. The van der Waals surface area contributed by atoms with E-state index in [1.807, 2.05) is 6.92 Å². The Kier molecular flexibility index (Phi) is 12.2. The number of aliphatic carboxylic acids is 1. The van der Waals surface area contributed by atoms with E-state index in [-0.39, 0.29) is 5.92 Å². The molecule has 0 bridgehead atoms. The topological polar surface area (TPSA) is 54.4 Å². The van der Waals surface area contributed by atoms with Crippen LogP contribution in [0, 0.1) is 11.8 Å². The summed E-state index contributed by atoms with van der Waals surface area (Å²) in [5.74, 6) is -0.0149. The summed E-state index contributed by atoms with van der Waals surface area (Å²) in [5, 5.41) is 8.65. The Morgan fingerprint density at radius 1 is 1.00 bits per heavy atom. The quantitative estimate of drug-likeness (QED) is 0.244. The molecule has 0 amide bonds. The van der Waals surface area contributed by atoms with Crippen LogP contribution in [-0.4, -0.2) is 17.4 Å². The van der Waals surface area contributed by atoms with E-state index in [4.69, 9.17) is 5.11 Å². The average Bonchev–Trinajstić information content (AvgIpc) is 2.64. The summed E-state index contributed by atoms with van der Waals surface area (Å²) in [6.07, 6.45) is 15.2. The zero-order valence-corrected chi connectivity index (χ0v) is 16.1. The van der Waals surface area contributed by atoms with E-state index in [1.54, 1.807) is 6.08 Å². The lowest BCUT2D eigenvalue weighted by Gasteiger charge is -2.17. The van der Waals surface area contributed by atoms with Crippen molar-refractivity contribution in [3.63, 3.8) is 0 Å². The third kappa shape index (κ3) is 11.6. The maximum atomic E-state index is 10.6. The van der Waals surface area contributed by atoms with Crippen LogP contribution in [0.1, 0.15) is 70.3 Å². The standard InChI is InChI=1S/C23H34O3/c1-20(19-24)12-6-2-3-7-13-21(16-10-5-11-17-23(25)26)18-22-14-8-4-9-15-22/h4,8-9,11,14-15,17,19-21H,2-3,5-7,10,12-13,16,18H2,1H3,(H,25,26)/b17-11+/t20-,21+/m0/s1. The molecule has 0 radical (unpaired) electrons. The van der Waals surface area contributed by atoms with E-state index < -0.39 is 5.97 Å². The second-order valence-corrected chi connectivity index (χ2v) is 7.33. The van der Waals surface area contributed by atoms with Gasteiger partial charge in [-0.05, 0) is 43.6 Å².